The van der Waals surface area contributed by atoms with E-state index in [9.17, 15) is 0 Å². The molecule has 1 rings (SSSR count). The number of rotatable bonds is 1. The average Bonchev–Trinajstić information content (AvgIpc) is 2.06. The van der Waals surface area contributed by atoms with Crippen molar-refractivity contribution < 1.29 is 9.90 Å². The van der Waals surface area contributed by atoms with Gasteiger partial charge in [-0.3, -0.25) is 4.79 Å². The fraction of sp³-hybridized carbons (Fsp3) is 0.462. The molecule has 90 valence electrons. The number of carboxylic acids is 1. The van der Waals surface area contributed by atoms with Crippen LogP contribution >= 0.6 is 0 Å². The standard InChI is InChI=1S/C11H17N.C2H4O2/c1-8-6-5-7-10(9(8)2)11(3,4)12;1-2(3)4/h5-7H,12H2,1-4H3;1H3,(H,3,4). The highest BCUT2D eigenvalue weighted by molar-refractivity contribution is 5.62. The van der Waals surface area contributed by atoms with Crippen molar-refractivity contribution in [3.63, 3.8) is 0 Å². The first-order valence-electron chi connectivity index (χ1n) is 5.21. The van der Waals surface area contributed by atoms with Crippen LogP contribution in [0.15, 0.2) is 18.2 Å². The van der Waals surface area contributed by atoms with Crippen LogP contribution in [0.1, 0.15) is 37.5 Å². The molecule has 0 aliphatic carbocycles. The van der Waals surface area contributed by atoms with E-state index in [2.05, 4.69) is 32.0 Å². The van der Waals surface area contributed by atoms with E-state index >= 15 is 0 Å². The largest absolute Gasteiger partial charge is 0.481 e. The summed E-state index contributed by atoms with van der Waals surface area (Å²) in [7, 11) is 0. The Hall–Kier alpha value is -1.35. The monoisotopic (exact) mass is 223 g/mol. The topological polar surface area (TPSA) is 63.3 Å². The highest BCUT2D eigenvalue weighted by atomic mass is 16.4. The van der Waals surface area contributed by atoms with Crippen molar-refractivity contribution in [2.45, 2.75) is 40.2 Å². The molecule has 1 aromatic rings. The fourth-order valence-electron chi connectivity index (χ4n) is 1.45. The van der Waals surface area contributed by atoms with Gasteiger partial charge in [-0.25, -0.2) is 0 Å². The third-order valence-corrected chi connectivity index (χ3v) is 2.30. The molecule has 0 spiro atoms. The van der Waals surface area contributed by atoms with Crippen molar-refractivity contribution in [3.8, 4) is 0 Å². The Balaban J connectivity index is 0.000000487. The van der Waals surface area contributed by atoms with Gasteiger partial charge in [0.15, 0.2) is 0 Å². The fourth-order valence-corrected chi connectivity index (χ4v) is 1.45. The van der Waals surface area contributed by atoms with Crippen LogP contribution in [0.4, 0.5) is 0 Å². The molecule has 0 heterocycles. The molecule has 0 fully saturated rings. The lowest BCUT2D eigenvalue weighted by Gasteiger charge is -2.22. The van der Waals surface area contributed by atoms with Gasteiger partial charge in [0.2, 0.25) is 0 Å². The van der Waals surface area contributed by atoms with Crippen LogP contribution in [0.2, 0.25) is 0 Å². The Morgan fingerprint density at radius 3 is 2.06 bits per heavy atom. The maximum absolute atomic E-state index is 9.00. The van der Waals surface area contributed by atoms with Gasteiger partial charge in [-0.1, -0.05) is 18.2 Å². The van der Waals surface area contributed by atoms with Gasteiger partial charge >= 0.3 is 0 Å². The van der Waals surface area contributed by atoms with Gasteiger partial charge < -0.3 is 10.8 Å². The molecule has 0 bridgehead atoms. The molecule has 0 aromatic heterocycles. The molecule has 0 aliphatic heterocycles. The van der Waals surface area contributed by atoms with Crippen LogP contribution in [-0.4, -0.2) is 11.1 Å². The third-order valence-electron chi connectivity index (χ3n) is 2.30. The summed E-state index contributed by atoms with van der Waals surface area (Å²) in [6.07, 6.45) is 0. The van der Waals surface area contributed by atoms with E-state index < -0.39 is 5.97 Å². The van der Waals surface area contributed by atoms with Crippen molar-refractivity contribution in [1.82, 2.24) is 0 Å². The molecule has 0 unspecified atom stereocenters. The first kappa shape index (κ1) is 14.6. The van der Waals surface area contributed by atoms with Gasteiger partial charge in [0.1, 0.15) is 0 Å². The van der Waals surface area contributed by atoms with Crippen LogP contribution < -0.4 is 5.73 Å². The minimum atomic E-state index is -0.833. The first-order valence-corrected chi connectivity index (χ1v) is 5.21. The molecule has 0 aliphatic rings. The second kappa shape index (κ2) is 5.66. The quantitative estimate of drug-likeness (QED) is 0.769. The van der Waals surface area contributed by atoms with Crippen LogP contribution in [0.5, 0.6) is 0 Å². The zero-order chi connectivity index (χ0) is 12.9. The summed E-state index contributed by atoms with van der Waals surface area (Å²) in [5.74, 6) is -0.833. The zero-order valence-electron chi connectivity index (χ0n) is 10.7. The van der Waals surface area contributed by atoms with E-state index in [0.717, 1.165) is 6.92 Å². The van der Waals surface area contributed by atoms with Gasteiger partial charge in [0.25, 0.3) is 5.97 Å². The summed E-state index contributed by atoms with van der Waals surface area (Å²) >= 11 is 0. The van der Waals surface area contributed by atoms with Gasteiger partial charge in [-0.05, 0) is 44.4 Å². The molecule has 0 saturated carbocycles. The number of aryl methyl sites for hydroxylation is 1. The van der Waals surface area contributed by atoms with Crippen molar-refractivity contribution in [3.05, 3.63) is 34.9 Å². The summed E-state index contributed by atoms with van der Waals surface area (Å²) in [4.78, 5) is 9.00. The zero-order valence-corrected chi connectivity index (χ0v) is 10.7. The predicted molar refractivity (Wildman–Crippen MR) is 66.4 cm³/mol. The Bertz CT molecular complexity index is 361. The second-order valence-electron chi connectivity index (χ2n) is 4.49. The summed E-state index contributed by atoms with van der Waals surface area (Å²) in [6, 6.07) is 6.28. The molecule has 1 aromatic carbocycles. The van der Waals surface area contributed by atoms with Gasteiger partial charge in [-0.15, -0.1) is 0 Å². The molecule has 3 nitrogen and oxygen atoms in total. The highest BCUT2D eigenvalue weighted by Crippen LogP contribution is 2.22. The number of benzene rings is 1. The minimum absolute atomic E-state index is 0.226. The number of hydrogen-bond donors (Lipinski definition) is 2. The maximum atomic E-state index is 9.00. The van der Waals surface area contributed by atoms with Crippen LogP contribution in [0.25, 0.3) is 0 Å². The molecule has 3 heteroatoms. The summed E-state index contributed by atoms with van der Waals surface area (Å²) in [5.41, 5.74) is 9.66. The number of aliphatic carboxylic acids is 1. The van der Waals surface area contributed by atoms with E-state index in [1.54, 1.807) is 0 Å². The first-order chi connectivity index (χ1) is 7.16. The minimum Gasteiger partial charge on any atom is -0.481 e. The van der Waals surface area contributed by atoms with Crippen LogP contribution in [0.3, 0.4) is 0 Å². The Morgan fingerprint density at radius 2 is 1.75 bits per heavy atom. The lowest BCUT2D eigenvalue weighted by atomic mass is 9.89. The molecule has 3 N–H and O–H groups in total. The number of hydrogen-bond acceptors (Lipinski definition) is 2. The third kappa shape index (κ3) is 4.94. The highest BCUT2D eigenvalue weighted by Gasteiger charge is 2.16. The molecule has 0 atom stereocenters. The molecule has 0 saturated heterocycles. The Morgan fingerprint density at radius 1 is 1.31 bits per heavy atom. The van der Waals surface area contributed by atoms with Crippen molar-refractivity contribution in [1.29, 1.82) is 0 Å². The van der Waals surface area contributed by atoms with E-state index in [0.29, 0.717) is 0 Å². The Kier molecular flexibility index (Phi) is 5.18. The molecule has 0 radical (unpaired) electrons. The summed E-state index contributed by atoms with van der Waals surface area (Å²) in [6.45, 7) is 9.40. The van der Waals surface area contributed by atoms with Crippen molar-refractivity contribution in [2.24, 2.45) is 5.73 Å². The smallest absolute Gasteiger partial charge is 0.300 e. The average molecular weight is 223 g/mol. The normalized spacial score (nSPS) is 10.4. The van der Waals surface area contributed by atoms with Crippen LogP contribution in [-0.2, 0) is 10.3 Å². The second-order valence-corrected chi connectivity index (χ2v) is 4.49. The van der Waals surface area contributed by atoms with Gasteiger partial charge in [0.05, 0.1) is 0 Å². The summed E-state index contributed by atoms with van der Waals surface area (Å²) in [5, 5.41) is 7.42. The Labute approximate surface area is 97.3 Å². The lowest BCUT2D eigenvalue weighted by molar-refractivity contribution is -0.134. The summed E-state index contributed by atoms with van der Waals surface area (Å²) < 4.78 is 0. The SMILES string of the molecule is CC(=O)O.Cc1cccc(C(C)(C)N)c1C. The number of nitrogens with two attached hydrogens (primary N) is 1. The number of carbonyl (C=O) groups is 1. The van der Waals surface area contributed by atoms with Crippen molar-refractivity contribution in [2.75, 3.05) is 0 Å². The molecular formula is C13H21NO2. The predicted octanol–water partition coefficient (Wildman–Crippen LogP) is 2.59. The molecule has 16 heavy (non-hydrogen) atoms. The van der Waals surface area contributed by atoms with Gasteiger partial charge in [-0.2, -0.15) is 0 Å². The number of carboxylic acid groups (broad SMARTS) is 1. The van der Waals surface area contributed by atoms with Gasteiger partial charge in [0, 0.05) is 12.5 Å². The lowest BCUT2D eigenvalue weighted by Crippen LogP contribution is -2.29. The van der Waals surface area contributed by atoms with Crippen LogP contribution in [0, 0.1) is 13.8 Å². The van der Waals surface area contributed by atoms with E-state index in [1.807, 2.05) is 13.8 Å². The van der Waals surface area contributed by atoms with E-state index in [4.69, 9.17) is 15.6 Å². The van der Waals surface area contributed by atoms with E-state index in [1.165, 1.54) is 16.7 Å². The molecular weight excluding hydrogens is 202 g/mol. The molecule has 0 amide bonds. The van der Waals surface area contributed by atoms with Crippen molar-refractivity contribution >= 4 is 5.97 Å². The maximum Gasteiger partial charge on any atom is 0.300 e. The van der Waals surface area contributed by atoms with E-state index in [-0.39, 0.29) is 5.54 Å².